The van der Waals surface area contributed by atoms with E-state index >= 15 is 0 Å². The Morgan fingerprint density at radius 1 is 1.50 bits per heavy atom. The lowest BCUT2D eigenvalue weighted by atomic mass is 10.1. The van der Waals surface area contributed by atoms with Crippen LogP contribution in [-0.4, -0.2) is 35.5 Å². The van der Waals surface area contributed by atoms with Gasteiger partial charge >= 0.3 is 0 Å². The van der Waals surface area contributed by atoms with Crippen LogP contribution in [0.2, 0.25) is 0 Å². The number of hydrogen-bond donors (Lipinski definition) is 1. The minimum absolute atomic E-state index is 0.185. The van der Waals surface area contributed by atoms with Crippen molar-refractivity contribution in [3.63, 3.8) is 0 Å². The molecule has 20 heavy (non-hydrogen) atoms. The summed E-state index contributed by atoms with van der Waals surface area (Å²) in [4.78, 5) is 13.1. The number of benzene rings is 1. The van der Waals surface area contributed by atoms with Crippen LogP contribution in [0.15, 0.2) is 18.2 Å². The Bertz CT molecular complexity index is 488. The molecule has 1 aliphatic heterocycles. The van der Waals surface area contributed by atoms with Crippen LogP contribution in [0.4, 0.5) is 11.4 Å². The normalized spacial score (nSPS) is 19.5. The Kier molecular flexibility index (Phi) is 4.60. The highest BCUT2D eigenvalue weighted by molar-refractivity contribution is 5.54. The first-order chi connectivity index (χ1) is 9.47. The third-order valence-electron chi connectivity index (χ3n) is 4.05. The molecule has 110 valence electrons. The van der Waals surface area contributed by atoms with Crippen LogP contribution < -0.4 is 5.32 Å². The number of nitro benzene ring substituents is 1. The van der Waals surface area contributed by atoms with Crippen molar-refractivity contribution < 1.29 is 4.92 Å². The monoisotopic (exact) mass is 277 g/mol. The molecular formula is C15H23N3O2. The van der Waals surface area contributed by atoms with E-state index in [1.807, 2.05) is 6.07 Å². The Morgan fingerprint density at radius 3 is 2.85 bits per heavy atom. The number of anilines is 1. The van der Waals surface area contributed by atoms with Crippen molar-refractivity contribution in [2.45, 2.75) is 33.2 Å². The highest BCUT2D eigenvalue weighted by atomic mass is 16.6. The lowest BCUT2D eigenvalue weighted by Crippen LogP contribution is -2.29. The van der Waals surface area contributed by atoms with Crippen molar-refractivity contribution in [2.75, 3.05) is 25.0 Å². The summed E-state index contributed by atoms with van der Waals surface area (Å²) < 4.78 is 0. The SMILES string of the molecule is Cc1ccc(NCC2CCN(C(C)C)C2)cc1[N+](=O)[O-]. The van der Waals surface area contributed by atoms with E-state index in [0.29, 0.717) is 17.5 Å². The van der Waals surface area contributed by atoms with Gasteiger partial charge in [-0.2, -0.15) is 0 Å². The topological polar surface area (TPSA) is 58.4 Å². The number of nitrogens with one attached hydrogen (secondary N) is 1. The summed E-state index contributed by atoms with van der Waals surface area (Å²) in [6.07, 6.45) is 1.19. The molecule has 0 spiro atoms. The standard InChI is InChI=1S/C15H23N3O2/c1-11(2)17-7-6-13(10-17)9-16-14-5-4-12(3)15(8-14)18(19)20/h4-5,8,11,13,16H,6-7,9-10H2,1-3H3. The highest BCUT2D eigenvalue weighted by Crippen LogP contribution is 2.24. The maximum Gasteiger partial charge on any atom is 0.274 e. The first-order valence-electron chi connectivity index (χ1n) is 7.20. The number of nitrogens with zero attached hydrogens (tertiary/aromatic N) is 2. The number of rotatable bonds is 5. The van der Waals surface area contributed by atoms with E-state index in [2.05, 4.69) is 24.1 Å². The molecule has 1 saturated heterocycles. The van der Waals surface area contributed by atoms with E-state index in [0.717, 1.165) is 25.3 Å². The first kappa shape index (κ1) is 14.8. The van der Waals surface area contributed by atoms with Crippen LogP contribution in [0.3, 0.4) is 0 Å². The third-order valence-corrected chi connectivity index (χ3v) is 4.05. The van der Waals surface area contributed by atoms with Gasteiger partial charge in [-0.25, -0.2) is 0 Å². The van der Waals surface area contributed by atoms with Crippen LogP contribution in [0.5, 0.6) is 0 Å². The molecule has 5 nitrogen and oxygen atoms in total. The Balaban J connectivity index is 1.92. The maximum absolute atomic E-state index is 10.9. The van der Waals surface area contributed by atoms with Crippen molar-refractivity contribution in [2.24, 2.45) is 5.92 Å². The number of hydrogen-bond acceptors (Lipinski definition) is 4. The van der Waals surface area contributed by atoms with Gasteiger partial charge in [-0.05, 0) is 45.7 Å². The van der Waals surface area contributed by atoms with Gasteiger partial charge in [0.1, 0.15) is 0 Å². The van der Waals surface area contributed by atoms with Crippen LogP contribution in [0, 0.1) is 23.0 Å². The summed E-state index contributed by atoms with van der Waals surface area (Å²) in [6, 6.07) is 5.94. The van der Waals surface area contributed by atoms with Gasteiger partial charge in [0, 0.05) is 36.4 Å². The largest absolute Gasteiger partial charge is 0.385 e. The molecule has 0 radical (unpaired) electrons. The van der Waals surface area contributed by atoms with Gasteiger partial charge in [-0.15, -0.1) is 0 Å². The van der Waals surface area contributed by atoms with Gasteiger partial charge in [-0.3, -0.25) is 10.1 Å². The van der Waals surface area contributed by atoms with Crippen LogP contribution >= 0.6 is 0 Å². The molecule has 0 aromatic heterocycles. The predicted molar refractivity (Wildman–Crippen MR) is 81.1 cm³/mol. The Hall–Kier alpha value is -1.62. The van der Waals surface area contributed by atoms with E-state index in [4.69, 9.17) is 0 Å². The fourth-order valence-electron chi connectivity index (χ4n) is 2.68. The number of likely N-dealkylation sites (tertiary alicyclic amines) is 1. The van der Waals surface area contributed by atoms with Gasteiger partial charge in [0.15, 0.2) is 0 Å². The molecule has 0 aliphatic carbocycles. The zero-order valence-electron chi connectivity index (χ0n) is 12.4. The highest BCUT2D eigenvalue weighted by Gasteiger charge is 2.23. The first-order valence-corrected chi connectivity index (χ1v) is 7.20. The molecule has 1 fully saturated rings. The molecule has 2 rings (SSSR count). The quantitative estimate of drug-likeness (QED) is 0.664. The lowest BCUT2D eigenvalue weighted by molar-refractivity contribution is -0.385. The van der Waals surface area contributed by atoms with Gasteiger partial charge in [-0.1, -0.05) is 6.07 Å². The van der Waals surface area contributed by atoms with Gasteiger partial charge < -0.3 is 10.2 Å². The van der Waals surface area contributed by atoms with Crippen molar-refractivity contribution >= 4 is 11.4 Å². The van der Waals surface area contributed by atoms with E-state index < -0.39 is 0 Å². The summed E-state index contributed by atoms with van der Waals surface area (Å²) in [5.74, 6) is 0.623. The molecule has 0 bridgehead atoms. The second-order valence-electron chi connectivity index (χ2n) is 5.88. The Labute approximate surface area is 120 Å². The van der Waals surface area contributed by atoms with E-state index in [9.17, 15) is 10.1 Å². The molecule has 1 N–H and O–H groups in total. The molecule has 0 saturated carbocycles. The molecule has 5 heteroatoms. The van der Waals surface area contributed by atoms with E-state index in [1.54, 1.807) is 19.1 Å². The number of nitro groups is 1. The van der Waals surface area contributed by atoms with Crippen LogP contribution in [0.25, 0.3) is 0 Å². The van der Waals surface area contributed by atoms with Crippen molar-refractivity contribution in [1.82, 2.24) is 4.90 Å². The summed E-state index contributed by atoms with van der Waals surface area (Å²) in [6.45, 7) is 9.35. The zero-order valence-corrected chi connectivity index (χ0v) is 12.4. The molecular weight excluding hydrogens is 254 g/mol. The minimum atomic E-state index is -0.323. The van der Waals surface area contributed by atoms with Crippen LogP contribution in [-0.2, 0) is 0 Å². The summed E-state index contributed by atoms with van der Waals surface area (Å²) in [7, 11) is 0. The fraction of sp³-hybridized carbons (Fsp3) is 0.600. The zero-order chi connectivity index (χ0) is 14.7. The average Bonchev–Trinajstić information content (AvgIpc) is 2.86. The molecule has 1 aromatic rings. The molecule has 1 unspecified atom stereocenters. The lowest BCUT2D eigenvalue weighted by Gasteiger charge is -2.20. The van der Waals surface area contributed by atoms with E-state index in [1.165, 1.54) is 6.42 Å². The predicted octanol–water partition coefficient (Wildman–Crippen LogP) is 3.05. The average molecular weight is 277 g/mol. The molecule has 1 aromatic carbocycles. The fourth-order valence-corrected chi connectivity index (χ4v) is 2.68. The van der Waals surface area contributed by atoms with Gasteiger partial charge in [0.2, 0.25) is 0 Å². The third kappa shape index (κ3) is 3.48. The second-order valence-corrected chi connectivity index (χ2v) is 5.88. The molecule has 1 aliphatic rings. The summed E-state index contributed by atoms with van der Waals surface area (Å²) in [5, 5.41) is 14.3. The van der Waals surface area contributed by atoms with Crippen molar-refractivity contribution in [3.8, 4) is 0 Å². The van der Waals surface area contributed by atoms with Crippen molar-refractivity contribution in [1.29, 1.82) is 0 Å². The van der Waals surface area contributed by atoms with Gasteiger partial charge in [0.05, 0.1) is 4.92 Å². The molecule has 0 amide bonds. The van der Waals surface area contributed by atoms with E-state index in [-0.39, 0.29) is 10.6 Å². The smallest absolute Gasteiger partial charge is 0.274 e. The summed E-state index contributed by atoms with van der Waals surface area (Å²) >= 11 is 0. The van der Waals surface area contributed by atoms with Crippen molar-refractivity contribution in [3.05, 3.63) is 33.9 Å². The minimum Gasteiger partial charge on any atom is -0.385 e. The molecule has 1 atom stereocenters. The molecule has 1 heterocycles. The van der Waals surface area contributed by atoms with Crippen LogP contribution in [0.1, 0.15) is 25.8 Å². The summed E-state index contributed by atoms with van der Waals surface area (Å²) in [5.41, 5.74) is 1.72. The second kappa shape index (κ2) is 6.22. The van der Waals surface area contributed by atoms with Gasteiger partial charge in [0.25, 0.3) is 5.69 Å². The number of aryl methyl sites for hydroxylation is 1. The Morgan fingerprint density at radius 2 is 2.25 bits per heavy atom. The maximum atomic E-state index is 10.9.